The van der Waals surface area contributed by atoms with Crippen LogP contribution in [-0.4, -0.2) is 24.3 Å². The van der Waals surface area contributed by atoms with Gasteiger partial charge in [-0.25, -0.2) is 4.79 Å². The van der Waals surface area contributed by atoms with E-state index in [-0.39, 0.29) is 6.42 Å². The maximum absolute atomic E-state index is 11.4. The third kappa shape index (κ3) is 4.13. The number of carboxylic acid groups (broad SMARTS) is 1. The average molecular weight is 307 g/mol. The lowest BCUT2D eigenvalue weighted by molar-refractivity contribution is -0.145. The van der Waals surface area contributed by atoms with Gasteiger partial charge in [-0.05, 0) is 29.8 Å². The van der Waals surface area contributed by atoms with Crippen molar-refractivity contribution in [1.82, 2.24) is 0 Å². The van der Waals surface area contributed by atoms with Crippen LogP contribution in [0.3, 0.4) is 0 Å². The van der Waals surface area contributed by atoms with Gasteiger partial charge in [-0.1, -0.05) is 35.9 Å². The minimum Gasteiger partial charge on any atom is -0.496 e. The van der Waals surface area contributed by atoms with E-state index in [1.54, 1.807) is 37.4 Å². The molecule has 0 aliphatic carbocycles. The lowest BCUT2D eigenvalue weighted by Crippen LogP contribution is -2.29. The van der Waals surface area contributed by atoms with E-state index in [0.717, 1.165) is 5.56 Å². The van der Waals surface area contributed by atoms with E-state index >= 15 is 0 Å². The van der Waals surface area contributed by atoms with E-state index in [1.807, 2.05) is 18.2 Å². The molecule has 0 spiro atoms. The highest BCUT2D eigenvalue weighted by atomic mass is 35.5. The molecular formula is C16H15ClO4. The van der Waals surface area contributed by atoms with E-state index in [0.29, 0.717) is 16.5 Å². The lowest BCUT2D eigenvalue weighted by atomic mass is 10.1. The summed E-state index contributed by atoms with van der Waals surface area (Å²) >= 11 is 5.87. The molecule has 0 saturated heterocycles. The molecular weight excluding hydrogens is 292 g/mol. The van der Waals surface area contributed by atoms with Crippen molar-refractivity contribution >= 4 is 17.6 Å². The van der Waals surface area contributed by atoms with Crippen LogP contribution in [0.15, 0.2) is 48.5 Å². The number of hydrogen-bond acceptors (Lipinski definition) is 3. The van der Waals surface area contributed by atoms with Gasteiger partial charge < -0.3 is 14.6 Å². The molecule has 2 aromatic rings. The molecule has 0 unspecified atom stereocenters. The molecule has 0 saturated carbocycles. The molecule has 2 rings (SSSR count). The van der Waals surface area contributed by atoms with Gasteiger partial charge in [0.05, 0.1) is 7.11 Å². The first-order valence-electron chi connectivity index (χ1n) is 6.37. The Hall–Kier alpha value is -2.20. The summed E-state index contributed by atoms with van der Waals surface area (Å²) in [5, 5.41) is 9.82. The van der Waals surface area contributed by atoms with Gasteiger partial charge >= 0.3 is 5.97 Å². The molecule has 0 bridgehead atoms. The summed E-state index contributed by atoms with van der Waals surface area (Å²) in [6.45, 7) is 0. The van der Waals surface area contributed by atoms with Crippen molar-refractivity contribution in [3.63, 3.8) is 0 Å². The van der Waals surface area contributed by atoms with Gasteiger partial charge in [0.25, 0.3) is 0 Å². The normalized spacial score (nSPS) is 11.7. The van der Waals surface area contributed by atoms with E-state index in [2.05, 4.69) is 0 Å². The number of benzene rings is 2. The molecule has 0 fully saturated rings. The second-order valence-electron chi connectivity index (χ2n) is 4.42. The van der Waals surface area contributed by atoms with Crippen LogP contribution in [0.2, 0.25) is 5.02 Å². The standard InChI is InChI=1S/C16H15ClO4/c1-20-14-8-3-2-5-11(14)9-15(16(18)19)21-13-7-4-6-12(17)10-13/h2-8,10,15H,9H2,1H3,(H,18,19)/t15-/m0/s1. The molecule has 0 heterocycles. The van der Waals surface area contributed by atoms with Gasteiger partial charge in [-0.3, -0.25) is 0 Å². The van der Waals surface area contributed by atoms with Crippen molar-refractivity contribution in [2.75, 3.05) is 7.11 Å². The van der Waals surface area contributed by atoms with Gasteiger partial charge in [-0.2, -0.15) is 0 Å². The minimum absolute atomic E-state index is 0.200. The summed E-state index contributed by atoms with van der Waals surface area (Å²) in [6, 6.07) is 13.9. The smallest absolute Gasteiger partial charge is 0.345 e. The Labute approximate surface area is 127 Å². The maximum atomic E-state index is 11.4. The number of ether oxygens (including phenoxy) is 2. The predicted octanol–water partition coefficient (Wildman–Crippen LogP) is 3.42. The van der Waals surface area contributed by atoms with E-state index in [9.17, 15) is 9.90 Å². The molecule has 0 radical (unpaired) electrons. The molecule has 1 atom stereocenters. The maximum Gasteiger partial charge on any atom is 0.345 e. The zero-order valence-electron chi connectivity index (χ0n) is 11.5. The van der Waals surface area contributed by atoms with Crippen LogP contribution in [0.5, 0.6) is 11.5 Å². The number of carbonyl (C=O) groups is 1. The number of aliphatic carboxylic acids is 1. The molecule has 21 heavy (non-hydrogen) atoms. The third-order valence-corrected chi connectivity index (χ3v) is 3.18. The summed E-state index contributed by atoms with van der Waals surface area (Å²) in [6.07, 6.45) is -0.814. The number of halogens is 1. The Kier molecular flexibility index (Phi) is 5.06. The summed E-state index contributed by atoms with van der Waals surface area (Å²) in [7, 11) is 1.55. The zero-order chi connectivity index (χ0) is 15.2. The summed E-state index contributed by atoms with van der Waals surface area (Å²) < 4.78 is 10.7. The highest BCUT2D eigenvalue weighted by Crippen LogP contribution is 2.23. The third-order valence-electron chi connectivity index (χ3n) is 2.95. The fourth-order valence-electron chi connectivity index (χ4n) is 1.96. The molecule has 4 nitrogen and oxygen atoms in total. The van der Waals surface area contributed by atoms with Gasteiger partial charge in [-0.15, -0.1) is 0 Å². The minimum atomic E-state index is -1.04. The van der Waals surface area contributed by atoms with Crippen LogP contribution >= 0.6 is 11.6 Å². The number of para-hydroxylation sites is 1. The topological polar surface area (TPSA) is 55.8 Å². The van der Waals surface area contributed by atoms with Crippen molar-refractivity contribution < 1.29 is 19.4 Å². The Morgan fingerprint density at radius 2 is 2.00 bits per heavy atom. The van der Waals surface area contributed by atoms with Crippen LogP contribution in [0, 0.1) is 0 Å². The van der Waals surface area contributed by atoms with Gasteiger partial charge in [0.1, 0.15) is 11.5 Å². The first kappa shape index (κ1) is 15.2. The molecule has 0 aliphatic rings. The quantitative estimate of drug-likeness (QED) is 0.888. The Morgan fingerprint density at radius 1 is 1.24 bits per heavy atom. The fourth-order valence-corrected chi connectivity index (χ4v) is 2.14. The molecule has 0 aliphatic heterocycles. The van der Waals surface area contributed by atoms with Gasteiger partial charge in [0.15, 0.2) is 6.10 Å². The SMILES string of the molecule is COc1ccccc1C[C@H](Oc1cccc(Cl)c1)C(=O)O. The van der Waals surface area contributed by atoms with Crippen molar-refractivity contribution in [3.8, 4) is 11.5 Å². The monoisotopic (exact) mass is 306 g/mol. The largest absolute Gasteiger partial charge is 0.496 e. The first-order valence-corrected chi connectivity index (χ1v) is 6.75. The van der Waals surface area contributed by atoms with Crippen LogP contribution < -0.4 is 9.47 Å². The van der Waals surface area contributed by atoms with Crippen molar-refractivity contribution in [2.24, 2.45) is 0 Å². The first-order chi connectivity index (χ1) is 10.1. The molecule has 5 heteroatoms. The number of carboxylic acids is 1. The second-order valence-corrected chi connectivity index (χ2v) is 4.85. The molecule has 0 amide bonds. The van der Waals surface area contributed by atoms with Crippen LogP contribution in [-0.2, 0) is 11.2 Å². The van der Waals surface area contributed by atoms with E-state index < -0.39 is 12.1 Å². The van der Waals surface area contributed by atoms with Gasteiger partial charge in [0.2, 0.25) is 0 Å². The number of methoxy groups -OCH3 is 1. The molecule has 0 aromatic heterocycles. The van der Waals surface area contributed by atoms with Crippen molar-refractivity contribution in [2.45, 2.75) is 12.5 Å². The number of rotatable bonds is 6. The molecule has 1 N–H and O–H groups in total. The second kappa shape index (κ2) is 6.99. The van der Waals surface area contributed by atoms with Crippen LogP contribution in [0.1, 0.15) is 5.56 Å². The van der Waals surface area contributed by atoms with E-state index in [4.69, 9.17) is 21.1 Å². The van der Waals surface area contributed by atoms with E-state index in [1.165, 1.54) is 0 Å². The molecule has 110 valence electrons. The van der Waals surface area contributed by atoms with Crippen molar-refractivity contribution in [3.05, 3.63) is 59.1 Å². The highest BCUT2D eigenvalue weighted by molar-refractivity contribution is 6.30. The Balaban J connectivity index is 2.18. The van der Waals surface area contributed by atoms with Gasteiger partial charge in [0, 0.05) is 11.4 Å². The fraction of sp³-hybridized carbons (Fsp3) is 0.188. The highest BCUT2D eigenvalue weighted by Gasteiger charge is 2.21. The van der Waals surface area contributed by atoms with Crippen molar-refractivity contribution in [1.29, 1.82) is 0 Å². The Bertz CT molecular complexity index is 627. The zero-order valence-corrected chi connectivity index (χ0v) is 12.2. The summed E-state index contributed by atoms with van der Waals surface area (Å²) in [5.41, 5.74) is 0.773. The average Bonchev–Trinajstić information content (AvgIpc) is 2.47. The summed E-state index contributed by atoms with van der Waals surface area (Å²) in [5.74, 6) is 0.0177. The lowest BCUT2D eigenvalue weighted by Gasteiger charge is -2.17. The predicted molar refractivity (Wildman–Crippen MR) is 80.2 cm³/mol. The number of hydrogen-bond donors (Lipinski definition) is 1. The Morgan fingerprint density at radius 3 is 2.67 bits per heavy atom. The van der Waals surface area contributed by atoms with Crippen LogP contribution in [0.25, 0.3) is 0 Å². The molecule has 2 aromatic carbocycles. The summed E-state index contributed by atoms with van der Waals surface area (Å²) in [4.78, 5) is 11.4. The van der Waals surface area contributed by atoms with Crippen LogP contribution in [0.4, 0.5) is 0 Å².